The van der Waals surface area contributed by atoms with Gasteiger partial charge in [0.15, 0.2) is 0 Å². The van der Waals surface area contributed by atoms with Crippen LogP contribution in [0, 0.1) is 36.1 Å². The number of hydrogen-bond acceptors (Lipinski definition) is 0. The number of aryl methyl sites for hydroxylation is 3. The quantitative estimate of drug-likeness (QED) is 0.230. The zero-order chi connectivity index (χ0) is 24.2. The molecule has 4 rings (SSSR count). The van der Waals surface area contributed by atoms with Gasteiger partial charge in [-0.3, -0.25) is 0 Å². The topological polar surface area (TPSA) is 0 Å². The van der Waals surface area contributed by atoms with Crippen LogP contribution in [0.4, 0.5) is 17.6 Å². The van der Waals surface area contributed by atoms with Gasteiger partial charge < -0.3 is 0 Å². The Morgan fingerprint density at radius 3 is 1.82 bits per heavy atom. The maximum atomic E-state index is 14.7. The van der Waals surface area contributed by atoms with Crippen LogP contribution in [0.15, 0.2) is 48.5 Å². The van der Waals surface area contributed by atoms with Crippen molar-refractivity contribution in [2.45, 2.75) is 64.2 Å². The summed E-state index contributed by atoms with van der Waals surface area (Å²) in [5.74, 6) is -1.78. The SMILES string of the molecule is Cc1ccc([C@H]2CC[C@H](CCc3cc(F)c(CCc4cc(F)c(Cl)c(F)c4)c(F)c3)CC2)cc1. The molecule has 0 bridgehead atoms. The standard InChI is InChI=1S/C29H29ClF4/c1-18-2-9-22(10-3-18)23-11-6-19(7-12-23)4-5-20-14-25(31)24(26(32)15-20)13-8-21-16-27(33)29(30)28(34)17-21/h2-3,9-10,14-17,19,23H,4-8,11-13H2,1H3/t19-,23-. The summed E-state index contributed by atoms with van der Waals surface area (Å²) >= 11 is 5.49. The Kier molecular flexibility index (Phi) is 7.98. The van der Waals surface area contributed by atoms with Crippen LogP contribution in [-0.4, -0.2) is 0 Å². The first-order valence-corrected chi connectivity index (χ1v) is 12.3. The number of halogens is 5. The molecule has 0 aromatic heterocycles. The first-order valence-electron chi connectivity index (χ1n) is 12.0. The van der Waals surface area contributed by atoms with Crippen molar-refractivity contribution in [3.63, 3.8) is 0 Å². The van der Waals surface area contributed by atoms with Crippen molar-refractivity contribution in [1.82, 2.24) is 0 Å². The zero-order valence-corrected chi connectivity index (χ0v) is 20.1. The van der Waals surface area contributed by atoms with E-state index in [-0.39, 0.29) is 18.4 Å². The van der Waals surface area contributed by atoms with Crippen LogP contribution in [0.3, 0.4) is 0 Å². The molecule has 0 heterocycles. The van der Waals surface area contributed by atoms with E-state index in [1.807, 2.05) is 0 Å². The van der Waals surface area contributed by atoms with Gasteiger partial charge in [0.2, 0.25) is 0 Å². The Morgan fingerprint density at radius 1 is 0.706 bits per heavy atom. The van der Waals surface area contributed by atoms with Gasteiger partial charge >= 0.3 is 0 Å². The van der Waals surface area contributed by atoms with E-state index >= 15 is 0 Å². The van der Waals surface area contributed by atoms with Gasteiger partial charge in [0.1, 0.15) is 28.3 Å². The molecule has 0 spiro atoms. The molecule has 1 aliphatic carbocycles. The first kappa shape index (κ1) is 24.8. The van der Waals surface area contributed by atoms with E-state index in [0.29, 0.717) is 29.4 Å². The minimum Gasteiger partial charge on any atom is -0.207 e. The van der Waals surface area contributed by atoms with Gasteiger partial charge in [0.25, 0.3) is 0 Å². The zero-order valence-electron chi connectivity index (χ0n) is 19.3. The van der Waals surface area contributed by atoms with Gasteiger partial charge in [-0.1, -0.05) is 41.4 Å². The van der Waals surface area contributed by atoms with Crippen molar-refractivity contribution in [3.8, 4) is 0 Å². The van der Waals surface area contributed by atoms with Gasteiger partial charge in [-0.15, -0.1) is 0 Å². The average Bonchev–Trinajstić information content (AvgIpc) is 2.81. The van der Waals surface area contributed by atoms with E-state index in [4.69, 9.17) is 11.6 Å². The predicted molar refractivity (Wildman–Crippen MR) is 129 cm³/mol. The molecule has 0 unspecified atom stereocenters. The molecule has 1 aliphatic rings. The van der Waals surface area contributed by atoms with Crippen LogP contribution in [-0.2, 0) is 19.3 Å². The molecule has 34 heavy (non-hydrogen) atoms. The lowest BCUT2D eigenvalue weighted by Crippen LogP contribution is -2.14. The normalized spacial score (nSPS) is 18.3. The minimum atomic E-state index is -0.874. The van der Waals surface area contributed by atoms with Crippen LogP contribution < -0.4 is 0 Å². The molecule has 180 valence electrons. The fourth-order valence-corrected chi connectivity index (χ4v) is 5.16. The van der Waals surface area contributed by atoms with Crippen molar-refractivity contribution in [2.24, 2.45) is 5.92 Å². The molecule has 0 amide bonds. The largest absolute Gasteiger partial charge is 0.207 e. The van der Waals surface area contributed by atoms with Crippen molar-refractivity contribution < 1.29 is 17.6 Å². The Morgan fingerprint density at radius 2 is 1.24 bits per heavy atom. The number of rotatable bonds is 7. The fourth-order valence-electron chi connectivity index (χ4n) is 5.05. The van der Waals surface area contributed by atoms with Crippen LogP contribution in [0.25, 0.3) is 0 Å². The van der Waals surface area contributed by atoms with E-state index in [1.54, 1.807) is 0 Å². The Bertz CT molecular complexity index is 1090. The highest BCUT2D eigenvalue weighted by Crippen LogP contribution is 2.37. The summed E-state index contributed by atoms with van der Waals surface area (Å²) in [7, 11) is 0. The minimum absolute atomic E-state index is 0.0154. The summed E-state index contributed by atoms with van der Waals surface area (Å²) < 4.78 is 56.6. The fraction of sp³-hybridized carbons (Fsp3) is 0.379. The molecule has 0 aliphatic heterocycles. The lowest BCUT2D eigenvalue weighted by molar-refractivity contribution is 0.310. The lowest BCUT2D eigenvalue weighted by atomic mass is 9.77. The van der Waals surface area contributed by atoms with Crippen molar-refractivity contribution >= 4 is 11.6 Å². The Labute approximate surface area is 204 Å². The summed E-state index contributed by atoms with van der Waals surface area (Å²) in [6.45, 7) is 2.10. The van der Waals surface area contributed by atoms with Gasteiger partial charge in [-0.2, -0.15) is 0 Å². The summed E-state index contributed by atoms with van der Waals surface area (Å²) in [4.78, 5) is 0. The smallest absolute Gasteiger partial charge is 0.145 e. The highest BCUT2D eigenvalue weighted by atomic mass is 35.5. The van der Waals surface area contributed by atoms with E-state index in [9.17, 15) is 17.6 Å². The van der Waals surface area contributed by atoms with E-state index in [0.717, 1.165) is 44.2 Å². The summed E-state index contributed by atoms with van der Waals surface area (Å²) in [6, 6.07) is 13.8. The lowest BCUT2D eigenvalue weighted by Gasteiger charge is -2.29. The predicted octanol–water partition coefficient (Wildman–Crippen LogP) is 8.90. The second-order valence-corrected chi connectivity index (χ2v) is 9.96. The highest BCUT2D eigenvalue weighted by molar-refractivity contribution is 6.30. The third-order valence-corrected chi connectivity index (χ3v) is 7.51. The summed E-state index contributed by atoms with van der Waals surface area (Å²) in [6.07, 6.45) is 6.27. The molecule has 3 aromatic carbocycles. The second-order valence-electron chi connectivity index (χ2n) is 9.58. The molecule has 0 saturated heterocycles. The molecular formula is C29H29ClF4. The second kappa shape index (κ2) is 10.9. The summed E-state index contributed by atoms with van der Waals surface area (Å²) in [5, 5.41) is -0.575. The van der Waals surface area contributed by atoms with Crippen molar-refractivity contribution in [1.29, 1.82) is 0 Å². The summed E-state index contributed by atoms with van der Waals surface area (Å²) in [5.41, 5.74) is 3.59. The Balaban J connectivity index is 1.30. The van der Waals surface area contributed by atoms with E-state index in [1.165, 1.54) is 23.3 Å². The third-order valence-electron chi connectivity index (χ3n) is 7.14. The van der Waals surface area contributed by atoms with E-state index < -0.39 is 28.3 Å². The number of hydrogen-bond donors (Lipinski definition) is 0. The highest BCUT2D eigenvalue weighted by Gasteiger charge is 2.22. The molecular weight excluding hydrogens is 460 g/mol. The molecule has 1 saturated carbocycles. The molecule has 0 nitrogen and oxygen atoms in total. The van der Waals surface area contributed by atoms with Crippen LogP contribution in [0.2, 0.25) is 5.02 Å². The first-order chi connectivity index (χ1) is 16.3. The molecule has 1 fully saturated rings. The molecule has 0 atom stereocenters. The maximum absolute atomic E-state index is 14.7. The molecule has 0 N–H and O–H groups in total. The van der Waals surface area contributed by atoms with E-state index in [2.05, 4.69) is 31.2 Å². The van der Waals surface area contributed by atoms with Crippen molar-refractivity contribution in [2.75, 3.05) is 0 Å². The van der Waals surface area contributed by atoms with Gasteiger partial charge in [-0.25, -0.2) is 17.6 Å². The van der Waals surface area contributed by atoms with Crippen LogP contribution in [0.5, 0.6) is 0 Å². The van der Waals surface area contributed by atoms with Crippen LogP contribution >= 0.6 is 11.6 Å². The molecule has 0 radical (unpaired) electrons. The molecule has 5 heteroatoms. The van der Waals surface area contributed by atoms with Gasteiger partial charge in [0, 0.05) is 5.56 Å². The average molecular weight is 489 g/mol. The van der Waals surface area contributed by atoms with Gasteiger partial charge in [0.05, 0.1) is 0 Å². The van der Waals surface area contributed by atoms with Gasteiger partial charge in [-0.05, 0) is 111 Å². The number of benzene rings is 3. The third kappa shape index (κ3) is 6.02. The van der Waals surface area contributed by atoms with Crippen LogP contribution in [0.1, 0.15) is 65.8 Å². The Hall–Kier alpha value is -2.33. The van der Waals surface area contributed by atoms with Crippen molar-refractivity contribution in [3.05, 3.63) is 105 Å². The monoisotopic (exact) mass is 488 g/mol. The molecule has 3 aromatic rings. The maximum Gasteiger partial charge on any atom is 0.145 e.